The smallest absolute Gasteiger partial charge is 0.296 e. The van der Waals surface area contributed by atoms with Crippen molar-refractivity contribution in [1.82, 2.24) is 10.2 Å². The van der Waals surface area contributed by atoms with Crippen molar-refractivity contribution < 1.29 is 14.7 Å². The molecule has 1 atom stereocenters. The van der Waals surface area contributed by atoms with Crippen LogP contribution < -0.4 is 4.90 Å². The van der Waals surface area contributed by atoms with Crippen molar-refractivity contribution in [2.75, 3.05) is 4.90 Å². The molecular formula is C33H25N3O3S2. The van der Waals surface area contributed by atoms with Gasteiger partial charge in [0, 0.05) is 5.75 Å². The number of aliphatic hydroxyl groups excluding tert-OH is 1. The SMILES string of the molecule is Cc1ccc(C2C(C(=O)C=Cc3ccccc3)=C(O)C(=O)N2c2nnc(SCc3cccc4ccccc34)s2)cc1. The Morgan fingerprint density at radius 2 is 1.68 bits per heavy atom. The molecule has 6 rings (SSSR count). The summed E-state index contributed by atoms with van der Waals surface area (Å²) in [6.45, 7) is 1.97. The summed E-state index contributed by atoms with van der Waals surface area (Å²) in [5, 5.41) is 22.3. The average Bonchev–Trinajstić information content (AvgIpc) is 3.57. The van der Waals surface area contributed by atoms with Crippen LogP contribution in [0.25, 0.3) is 16.8 Å². The zero-order valence-corrected chi connectivity index (χ0v) is 23.7. The van der Waals surface area contributed by atoms with Crippen molar-refractivity contribution in [2.24, 2.45) is 0 Å². The number of nitrogens with zero attached hydrogens (tertiary/aromatic N) is 3. The molecule has 8 heteroatoms. The third-order valence-corrected chi connectivity index (χ3v) is 9.03. The summed E-state index contributed by atoms with van der Waals surface area (Å²) in [7, 11) is 0. The molecule has 0 aliphatic carbocycles. The highest BCUT2D eigenvalue weighted by Gasteiger charge is 2.45. The van der Waals surface area contributed by atoms with E-state index in [0.717, 1.165) is 11.1 Å². The van der Waals surface area contributed by atoms with Gasteiger partial charge in [-0.15, -0.1) is 10.2 Å². The molecule has 0 bridgehead atoms. The summed E-state index contributed by atoms with van der Waals surface area (Å²) in [4.78, 5) is 28.3. The lowest BCUT2D eigenvalue weighted by molar-refractivity contribution is -0.117. The number of aryl methyl sites for hydroxylation is 1. The second-order valence-electron chi connectivity index (χ2n) is 9.64. The molecule has 1 N–H and O–H groups in total. The lowest BCUT2D eigenvalue weighted by Crippen LogP contribution is -2.30. The van der Waals surface area contributed by atoms with Crippen LogP contribution in [0, 0.1) is 6.92 Å². The molecule has 1 unspecified atom stereocenters. The fourth-order valence-electron chi connectivity index (χ4n) is 4.86. The van der Waals surface area contributed by atoms with E-state index >= 15 is 0 Å². The van der Waals surface area contributed by atoms with Crippen molar-refractivity contribution >= 4 is 56.8 Å². The van der Waals surface area contributed by atoms with E-state index in [4.69, 9.17) is 0 Å². The van der Waals surface area contributed by atoms with Gasteiger partial charge < -0.3 is 5.11 Å². The van der Waals surface area contributed by atoms with Gasteiger partial charge in [-0.25, -0.2) is 0 Å². The minimum absolute atomic E-state index is 0.0196. The van der Waals surface area contributed by atoms with Gasteiger partial charge in [-0.05, 0) is 40.5 Å². The monoisotopic (exact) mass is 575 g/mol. The van der Waals surface area contributed by atoms with Crippen LogP contribution in [-0.2, 0) is 15.3 Å². The van der Waals surface area contributed by atoms with E-state index in [1.165, 1.54) is 50.4 Å². The summed E-state index contributed by atoms with van der Waals surface area (Å²) >= 11 is 2.80. The van der Waals surface area contributed by atoms with E-state index in [1.807, 2.05) is 79.7 Å². The standard InChI is InChI=1S/C33H25N3O3S2/c1-21-14-17-24(18-15-21)29-28(27(37)19-16-22-8-3-2-4-9-22)30(38)31(39)36(29)32-34-35-33(41-32)40-20-25-12-7-11-23-10-5-6-13-26(23)25/h2-19,29,38H,20H2,1H3. The molecule has 1 aliphatic heterocycles. The number of rotatable bonds is 8. The number of hydrogen-bond donors (Lipinski definition) is 1. The Morgan fingerprint density at radius 1 is 0.951 bits per heavy atom. The number of ketones is 1. The van der Waals surface area contributed by atoms with E-state index in [9.17, 15) is 14.7 Å². The first-order valence-corrected chi connectivity index (χ1v) is 14.8. The summed E-state index contributed by atoms with van der Waals surface area (Å²) in [6.07, 6.45) is 3.07. The van der Waals surface area contributed by atoms with Crippen LogP contribution in [0.4, 0.5) is 5.13 Å². The Labute approximate surface area is 245 Å². The molecule has 0 spiro atoms. The lowest BCUT2D eigenvalue weighted by atomic mass is 9.95. The molecule has 1 amide bonds. The minimum Gasteiger partial charge on any atom is -0.503 e. The highest BCUT2D eigenvalue weighted by Crippen LogP contribution is 2.43. The molecule has 6 nitrogen and oxygen atoms in total. The number of anilines is 1. The molecule has 0 saturated carbocycles. The second kappa shape index (κ2) is 11.5. The van der Waals surface area contributed by atoms with Crippen molar-refractivity contribution in [1.29, 1.82) is 0 Å². The lowest BCUT2D eigenvalue weighted by Gasteiger charge is -2.23. The van der Waals surface area contributed by atoms with Gasteiger partial charge in [-0.3, -0.25) is 14.5 Å². The molecule has 0 saturated heterocycles. The summed E-state index contributed by atoms with van der Waals surface area (Å²) in [6, 6.07) is 30.6. The molecule has 2 heterocycles. The van der Waals surface area contributed by atoms with Crippen LogP contribution >= 0.6 is 23.1 Å². The largest absolute Gasteiger partial charge is 0.503 e. The number of carbonyl (C=O) groups excluding carboxylic acids is 2. The van der Waals surface area contributed by atoms with Gasteiger partial charge >= 0.3 is 0 Å². The van der Waals surface area contributed by atoms with E-state index < -0.39 is 23.5 Å². The van der Waals surface area contributed by atoms with E-state index in [0.29, 0.717) is 20.8 Å². The molecule has 5 aromatic rings. The minimum atomic E-state index is -0.833. The van der Waals surface area contributed by atoms with Crippen molar-refractivity contribution in [3.05, 3.63) is 137 Å². The Kier molecular flexibility index (Phi) is 7.50. The fourth-order valence-corrected chi connectivity index (χ4v) is 6.73. The van der Waals surface area contributed by atoms with Gasteiger partial charge in [0.15, 0.2) is 15.9 Å². The van der Waals surface area contributed by atoms with Crippen LogP contribution in [0.15, 0.2) is 119 Å². The van der Waals surface area contributed by atoms with Crippen LogP contribution in [0.1, 0.15) is 28.3 Å². The molecule has 4 aromatic carbocycles. The second-order valence-corrected chi connectivity index (χ2v) is 11.8. The molecular weight excluding hydrogens is 551 g/mol. The highest BCUT2D eigenvalue weighted by molar-refractivity contribution is 8.00. The zero-order chi connectivity index (χ0) is 28.3. The Morgan fingerprint density at radius 3 is 2.49 bits per heavy atom. The first-order chi connectivity index (χ1) is 20.0. The quantitative estimate of drug-likeness (QED) is 0.117. The molecule has 0 fully saturated rings. The Hall–Kier alpha value is -4.53. The van der Waals surface area contributed by atoms with Gasteiger partial charge in [0.1, 0.15) is 0 Å². The third-order valence-electron chi connectivity index (χ3n) is 6.93. The molecule has 0 radical (unpaired) electrons. The number of fused-ring (bicyclic) bond motifs is 1. The molecule has 1 aromatic heterocycles. The summed E-state index contributed by atoms with van der Waals surface area (Å²) in [5.74, 6) is -1.00. The normalized spacial score (nSPS) is 15.4. The number of benzene rings is 4. The number of thioether (sulfide) groups is 1. The van der Waals surface area contributed by atoms with Crippen molar-refractivity contribution in [3.63, 3.8) is 0 Å². The van der Waals surface area contributed by atoms with Gasteiger partial charge in [0.25, 0.3) is 5.91 Å². The topological polar surface area (TPSA) is 83.4 Å². The fraction of sp³-hybridized carbons (Fsp3) is 0.0909. The van der Waals surface area contributed by atoms with Crippen molar-refractivity contribution in [3.8, 4) is 0 Å². The van der Waals surface area contributed by atoms with Gasteiger partial charge in [-0.2, -0.15) is 0 Å². The number of allylic oxidation sites excluding steroid dienone is 1. The maximum Gasteiger partial charge on any atom is 0.296 e. The number of carbonyl (C=O) groups is 2. The first kappa shape index (κ1) is 26.7. The van der Waals surface area contributed by atoms with Gasteiger partial charge in [0.05, 0.1) is 11.6 Å². The van der Waals surface area contributed by atoms with Crippen molar-refractivity contribution in [2.45, 2.75) is 23.1 Å². The Balaban J connectivity index is 1.30. The third kappa shape index (κ3) is 5.44. The number of amides is 1. The summed E-state index contributed by atoms with van der Waals surface area (Å²) < 4.78 is 0.687. The zero-order valence-electron chi connectivity index (χ0n) is 22.1. The molecule has 202 valence electrons. The van der Waals surface area contributed by atoms with Crippen LogP contribution in [0.3, 0.4) is 0 Å². The van der Waals surface area contributed by atoms with Crippen LogP contribution in [0.5, 0.6) is 0 Å². The van der Waals surface area contributed by atoms with Crippen LogP contribution in [0.2, 0.25) is 0 Å². The molecule has 41 heavy (non-hydrogen) atoms. The van der Waals surface area contributed by atoms with Gasteiger partial charge in [-0.1, -0.05) is 132 Å². The Bertz CT molecular complexity index is 1810. The maximum absolute atomic E-state index is 13.5. The van der Waals surface area contributed by atoms with E-state index in [1.54, 1.807) is 6.08 Å². The maximum atomic E-state index is 13.5. The number of aliphatic hydroxyl groups is 1. The number of hydrogen-bond acceptors (Lipinski definition) is 7. The van der Waals surface area contributed by atoms with E-state index in [-0.39, 0.29) is 5.57 Å². The summed E-state index contributed by atoms with van der Waals surface area (Å²) in [5.41, 5.74) is 3.77. The number of aromatic nitrogens is 2. The van der Waals surface area contributed by atoms with Gasteiger partial charge in [0.2, 0.25) is 5.13 Å². The predicted octanol–water partition coefficient (Wildman–Crippen LogP) is 7.47. The molecule has 1 aliphatic rings. The average molecular weight is 576 g/mol. The first-order valence-electron chi connectivity index (χ1n) is 13.0. The van der Waals surface area contributed by atoms with Crippen LogP contribution in [-0.4, -0.2) is 27.0 Å². The highest BCUT2D eigenvalue weighted by atomic mass is 32.2. The predicted molar refractivity (Wildman–Crippen MR) is 165 cm³/mol. The van der Waals surface area contributed by atoms with E-state index in [2.05, 4.69) is 34.5 Å².